The molecule has 1 aromatic heterocycles. The first-order chi connectivity index (χ1) is 7.08. The van der Waals surface area contributed by atoms with E-state index >= 15 is 0 Å². The topological polar surface area (TPSA) is 53.4 Å². The lowest BCUT2D eigenvalue weighted by atomic mass is 10.3. The predicted molar refractivity (Wildman–Crippen MR) is 58.1 cm³/mol. The van der Waals surface area contributed by atoms with E-state index in [4.69, 9.17) is 0 Å². The number of amides is 1. The fourth-order valence-electron chi connectivity index (χ4n) is 1.80. The van der Waals surface area contributed by atoms with E-state index in [2.05, 4.69) is 4.98 Å². The third kappa shape index (κ3) is 2.03. The Labute approximate surface area is 92.6 Å². The van der Waals surface area contributed by atoms with Gasteiger partial charge in [0.05, 0.1) is 16.8 Å². The third-order valence-corrected chi connectivity index (χ3v) is 3.61. The second-order valence-electron chi connectivity index (χ2n) is 3.84. The maximum Gasteiger partial charge on any atom is 0.265 e. The summed E-state index contributed by atoms with van der Waals surface area (Å²) in [5.41, 5.74) is 0.795. The van der Waals surface area contributed by atoms with Gasteiger partial charge in [0, 0.05) is 13.1 Å². The van der Waals surface area contributed by atoms with E-state index in [1.807, 2.05) is 13.8 Å². The standard InChI is InChI=1S/C10H14N2O2S/c1-6-9(15-7(2)11-6)10(14)12-4-3-8(13)5-12/h8,13H,3-5H2,1-2H3. The average molecular weight is 226 g/mol. The highest BCUT2D eigenvalue weighted by Crippen LogP contribution is 2.21. The van der Waals surface area contributed by atoms with Gasteiger partial charge < -0.3 is 10.0 Å². The summed E-state index contributed by atoms with van der Waals surface area (Å²) in [6.45, 7) is 4.85. The molecule has 15 heavy (non-hydrogen) atoms. The molecule has 4 nitrogen and oxygen atoms in total. The van der Waals surface area contributed by atoms with Gasteiger partial charge in [-0.15, -0.1) is 11.3 Å². The molecule has 1 aliphatic rings. The van der Waals surface area contributed by atoms with Gasteiger partial charge in [0.15, 0.2) is 0 Å². The van der Waals surface area contributed by atoms with Gasteiger partial charge in [0.1, 0.15) is 4.88 Å². The van der Waals surface area contributed by atoms with Crippen molar-refractivity contribution in [3.05, 3.63) is 15.6 Å². The molecule has 1 unspecified atom stereocenters. The summed E-state index contributed by atoms with van der Waals surface area (Å²) >= 11 is 1.43. The number of β-amino-alcohol motifs (C(OH)–C–C–N with tert-alkyl or cyclic N) is 1. The summed E-state index contributed by atoms with van der Waals surface area (Å²) in [7, 11) is 0. The van der Waals surface area contributed by atoms with E-state index in [9.17, 15) is 9.90 Å². The second kappa shape index (κ2) is 3.90. The predicted octanol–water partition coefficient (Wildman–Crippen LogP) is 0.967. The minimum atomic E-state index is -0.358. The highest BCUT2D eigenvalue weighted by molar-refractivity contribution is 7.13. The molecule has 0 bridgehead atoms. The summed E-state index contributed by atoms with van der Waals surface area (Å²) in [6.07, 6.45) is 0.325. The molecule has 1 saturated heterocycles. The van der Waals surface area contributed by atoms with Crippen LogP contribution in [0.4, 0.5) is 0 Å². The van der Waals surface area contributed by atoms with E-state index in [-0.39, 0.29) is 12.0 Å². The molecule has 0 radical (unpaired) electrons. The van der Waals surface area contributed by atoms with Crippen molar-refractivity contribution in [2.24, 2.45) is 0 Å². The molecule has 2 rings (SSSR count). The summed E-state index contributed by atoms with van der Waals surface area (Å²) in [4.78, 5) is 18.7. The largest absolute Gasteiger partial charge is 0.391 e. The van der Waals surface area contributed by atoms with Gasteiger partial charge in [-0.3, -0.25) is 4.79 Å². The molecule has 0 saturated carbocycles. The number of rotatable bonds is 1. The van der Waals surface area contributed by atoms with E-state index in [0.717, 1.165) is 10.7 Å². The van der Waals surface area contributed by atoms with Crippen LogP contribution in [0.25, 0.3) is 0 Å². The molecule has 0 aromatic carbocycles. The van der Waals surface area contributed by atoms with Crippen LogP contribution in [0.2, 0.25) is 0 Å². The van der Waals surface area contributed by atoms with Gasteiger partial charge in [-0.1, -0.05) is 0 Å². The maximum atomic E-state index is 12.0. The fourth-order valence-corrected chi connectivity index (χ4v) is 2.69. The zero-order valence-electron chi connectivity index (χ0n) is 8.86. The molecule has 1 aromatic rings. The van der Waals surface area contributed by atoms with Crippen LogP contribution >= 0.6 is 11.3 Å². The fraction of sp³-hybridized carbons (Fsp3) is 0.600. The van der Waals surface area contributed by atoms with Crippen LogP contribution < -0.4 is 0 Å². The second-order valence-corrected chi connectivity index (χ2v) is 5.04. The van der Waals surface area contributed by atoms with Crippen molar-refractivity contribution in [3.8, 4) is 0 Å². The summed E-state index contributed by atoms with van der Waals surface area (Å²) in [6, 6.07) is 0. The summed E-state index contributed by atoms with van der Waals surface area (Å²) < 4.78 is 0. The van der Waals surface area contributed by atoms with Crippen molar-refractivity contribution in [3.63, 3.8) is 0 Å². The Morgan fingerprint density at radius 1 is 1.60 bits per heavy atom. The molecular formula is C10H14N2O2S. The number of thiazole rings is 1. The summed E-state index contributed by atoms with van der Waals surface area (Å²) in [5, 5.41) is 10.3. The van der Waals surface area contributed by atoms with Gasteiger partial charge in [-0.05, 0) is 20.3 Å². The number of aliphatic hydroxyl groups excluding tert-OH is 1. The number of carbonyl (C=O) groups is 1. The molecule has 0 aliphatic carbocycles. The molecule has 2 heterocycles. The lowest BCUT2D eigenvalue weighted by Crippen LogP contribution is -2.29. The molecule has 82 valence electrons. The van der Waals surface area contributed by atoms with Gasteiger partial charge in [-0.2, -0.15) is 0 Å². The molecule has 5 heteroatoms. The first kappa shape index (κ1) is 10.6. The monoisotopic (exact) mass is 226 g/mol. The Hall–Kier alpha value is -0.940. The van der Waals surface area contributed by atoms with E-state index in [0.29, 0.717) is 24.4 Å². The average Bonchev–Trinajstić information content (AvgIpc) is 2.71. The lowest BCUT2D eigenvalue weighted by Gasteiger charge is -2.14. The normalized spacial score (nSPS) is 21.0. The van der Waals surface area contributed by atoms with Crippen LogP contribution in [0.3, 0.4) is 0 Å². The van der Waals surface area contributed by atoms with Crippen molar-refractivity contribution in [2.75, 3.05) is 13.1 Å². The Kier molecular flexibility index (Phi) is 2.75. The molecular weight excluding hydrogens is 212 g/mol. The highest BCUT2D eigenvalue weighted by atomic mass is 32.1. The Morgan fingerprint density at radius 3 is 2.80 bits per heavy atom. The van der Waals surface area contributed by atoms with Crippen molar-refractivity contribution >= 4 is 17.2 Å². The number of aliphatic hydroxyl groups is 1. The number of hydrogen-bond donors (Lipinski definition) is 1. The molecule has 1 N–H and O–H groups in total. The number of likely N-dealkylation sites (tertiary alicyclic amines) is 1. The quantitative estimate of drug-likeness (QED) is 0.776. The van der Waals surface area contributed by atoms with Crippen LogP contribution in [0, 0.1) is 13.8 Å². The molecule has 1 aliphatic heterocycles. The molecule has 0 spiro atoms. The van der Waals surface area contributed by atoms with E-state index < -0.39 is 0 Å². The number of hydrogen-bond acceptors (Lipinski definition) is 4. The van der Waals surface area contributed by atoms with Crippen molar-refractivity contribution in [1.29, 1.82) is 0 Å². The van der Waals surface area contributed by atoms with Gasteiger partial charge in [0.25, 0.3) is 5.91 Å². The first-order valence-corrected chi connectivity index (χ1v) is 5.81. The van der Waals surface area contributed by atoms with E-state index in [1.54, 1.807) is 4.90 Å². The number of aromatic nitrogens is 1. The van der Waals surface area contributed by atoms with Gasteiger partial charge in [0.2, 0.25) is 0 Å². The van der Waals surface area contributed by atoms with Gasteiger partial charge >= 0.3 is 0 Å². The van der Waals surface area contributed by atoms with Gasteiger partial charge in [-0.25, -0.2) is 4.98 Å². The number of aryl methyl sites for hydroxylation is 2. The zero-order valence-corrected chi connectivity index (χ0v) is 9.67. The van der Waals surface area contributed by atoms with Crippen molar-refractivity contribution in [1.82, 2.24) is 9.88 Å². The Bertz CT molecular complexity index is 389. The van der Waals surface area contributed by atoms with Crippen molar-refractivity contribution in [2.45, 2.75) is 26.4 Å². The molecule has 1 amide bonds. The smallest absolute Gasteiger partial charge is 0.265 e. The zero-order chi connectivity index (χ0) is 11.0. The SMILES string of the molecule is Cc1nc(C)c(C(=O)N2CCC(O)C2)s1. The highest BCUT2D eigenvalue weighted by Gasteiger charge is 2.27. The van der Waals surface area contributed by atoms with Crippen LogP contribution in [-0.2, 0) is 0 Å². The van der Waals surface area contributed by atoms with E-state index in [1.165, 1.54) is 11.3 Å². The summed E-state index contributed by atoms with van der Waals surface area (Å²) in [5.74, 6) is 0.00894. The molecule has 1 atom stereocenters. The minimum absolute atomic E-state index is 0.00894. The number of carbonyl (C=O) groups excluding carboxylic acids is 1. The first-order valence-electron chi connectivity index (χ1n) is 4.99. The molecule has 1 fully saturated rings. The van der Waals surface area contributed by atoms with Crippen LogP contribution in [-0.4, -0.2) is 40.1 Å². The third-order valence-electron chi connectivity index (χ3n) is 2.55. The number of nitrogens with zero attached hydrogens (tertiary/aromatic N) is 2. The Balaban J connectivity index is 2.17. The van der Waals surface area contributed by atoms with Crippen LogP contribution in [0.5, 0.6) is 0 Å². The maximum absolute atomic E-state index is 12.0. The minimum Gasteiger partial charge on any atom is -0.391 e. The van der Waals surface area contributed by atoms with Crippen LogP contribution in [0.1, 0.15) is 26.8 Å². The Morgan fingerprint density at radius 2 is 2.33 bits per heavy atom. The van der Waals surface area contributed by atoms with Crippen molar-refractivity contribution < 1.29 is 9.90 Å². The lowest BCUT2D eigenvalue weighted by molar-refractivity contribution is 0.0769. The van der Waals surface area contributed by atoms with Crippen LogP contribution in [0.15, 0.2) is 0 Å².